The van der Waals surface area contributed by atoms with Gasteiger partial charge in [-0.3, -0.25) is 14.6 Å². The average Bonchev–Trinajstić information content (AvgIpc) is 2.59. The van der Waals surface area contributed by atoms with Crippen molar-refractivity contribution in [3.63, 3.8) is 0 Å². The smallest absolute Gasteiger partial charge is 0.325 e. The molecule has 0 unspecified atom stereocenters. The van der Waals surface area contributed by atoms with E-state index >= 15 is 0 Å². The van der Waals surface area contributed by atoms with Gasteiger partial charge in [0, 0.05) is 30.9 Å². The molecule has 0 spiro atoms. The zero-order chi connectivity index (χ0) is 17.6. The fourth-order valence-corrected chi connectivity index (χ4v) is 4.09. The highest BCUT2D eigenvalue weighted by atomic mass is 16.2. The number of H-pyrrole nitrogens is 2. The lowest BCUT2D eigenvalue weighted by atomic mass is 9.88. The van der Waals surface area contributed by atoms with Crippen LogP contribution in [-0.2, 0) is 11.2 Å². The number of aromatic amines is 2. The van der Waals surface area contributed by atoms with Crippen LogP contribution < -0.4 is 16.6 Å². The second-order valence-corrected chi connectivity index (χ2v) is 7.44. The minimum absolute atomic E-state index is 0.00869. The van der Waals surface area contributed by atoms with E-state index in [9.17, 15) is 14.4 Å². The summed E-state index contributed by atoms with van der Waals surface area (Å²) < 4.78 is 0. The molecule has 1 atom stereocenters. The summed E-state index contributed by atoms with van der Waals surface area (Å²) in [4.78, 5) is 42.0. The maximum atomic E-state index is 12.2. The summed E-state index contributed by atoms with van der Waals surface area (Å²) in [5.74, 6) is 0.643. The number of likely N-dealkylation sites (tertiary alicyclic amines) is 1. The molecule has 7 heteroatoms. The summed E-state index contributed by atoms with van der Waals surface area (Å²) in [6, 6.07) is 0.145. The lowest BCUT2D eigenvalue weighted by Gasteiger charge is -2.36. The van der Waals surface area contributed by atoms with Crippen LogP contribution in [-0.4, -0.2) is 46.5 Å². The molecular formula is C18H28N4O3. The van der Waals surface area contributed by atoms with Gasteiger partial charge in [0.05, 0.1) is 6.42 Å². The highest BCUT2D eigenvalue weighted by Crippen LogP contribution is 2.25. The first-order valence-corrected chi connectivity index (χ1v) is 9.43. The molecule has 1 aliphatic carbocycles. The fourth-order valence-electron chi connectivity index (χ4n) is 4.09. The third kappa shape index (κ3) is 5.29. The number of hydrogen-bond acceptors (Lipinski definition) is 4. The van der Waals surface area contributed by atoms with Crippen molar-refractivity contribution in [1.82, 2.24) is 20.2 Å². The molecule has 138 valence electrons. The minimum Gasteiger partial charge on any atom is -0.352 e. The molecule has 1 aromatic rings. The Hall–Kier alpha value is -1.89. The molecule has 1 amide bonds. The third-order valence-electron chi connectivity index (χ3n) is 5.36. The first-order chi connectivity index (χ1) is 12.1. The molecule has 3 rings (SSSR count). The Morgan fingerprint density at radius 1 is 1.16 bits per heavy atom. The largest absolute Gasteiger partial charge is 0.352 e. The van der Waals surface area contributed by atoms with Gasteiger partial charge in [0.15, 0.2) is 0 Å². The van der Waals surface area contributed by atoms with E-state index in [0.717, 1.165) is 38.4 Å². The van der Waals surface area contributed by atoms with E-state index in [4.69, 9.17) is 0 Å². The van der Waals surface area contributed by atoms with Crippen molar-refractivity contribution < 1.29 is 4.79 Å². The number of aromatic nitrogens is 2. The van der Waals surface area contributed by atoms with Crippen molar-refractivity contribution in [2.45, 2.75) is 57.4 Å². The molecule has 1 aromatic heterocycles. The monoisotopic (exact) mass is 348 g/mol. The molecule has 7 nitrogen and oxygen atoms in total. The van der Waals surface area contributed by atoms with E-state index in [1.807, 2.05) is 0 Å². The van der Waals surface area contributed by atoms with Crippen LogP contribution in [0.25, 0.3) is 0 Å². The first kappa shape index (κ1) is 17.9. The lowest BCUT2D eigenvalue weighted by Crippen LogP contribution is -2.49. The number of rotatable bonds is 5. The van der Waals surface area contributed by atoms with Crippen molar-refractivity contribution in [1.29, 1.82) is 0 Å². The van der Waals surface area contributed by atoms with E-state index < -0.39 is 11.2 Å². The second-order valence-electron chi connectivity index (χ2n) is 7.44. The predicted molar refractivity (Wildman–Crippen MR) is 95.6 cm³/mol. The number of piperidine rings is 1. The van der Waals surface area contributed by atoms with Crippen LogP contribution in [0.1, 0.15) is 50.5 Å². The Kier molecular flexibility index (Phi) is 6.07. The number of hydrogen-bond donors (Lipinski definition) is 3. The van der Waals surface area contributed by atoms with E-state index in [1.54, 1.807) is 0 Å². The number of carbonyl (C=O) groups is 1. The Bertz CT molecular complexity index is 690. The SMILES string of the molecule is O=C(Cc1c[nH]c(=O)[nH]c1=O)N[C@H]1CCCN(CC2CCCCC2)C1. The summed E-state index contributed by atoms with van der Waals surface area (Å²) in [5, 5.41) is 3.05. The van der Waals surface area contributed by atoms with Crippen LogP contribution in [0.15, 0.2) is 15.8 Å². The van der Waals surface area contributed by atoms with Crippen LogP contribution in [0.2, 0.25) is 0 Å². The summed E-state index contributed by atoms with van der Waals surface area (Å²) in [6.07, 6.45) is 10.1. The van der Waals surface area contributed by atoms with E-state index in [0.29, 0.717) is 0 Å². The van der Waals surface area contributed by atoms with Crippen molar-refractivity contribution >= 4 is 5.91 Å². The first-order valence-electron chi connectivity index (χ1n) is 9.43. The predicted octanol–water partition coefficient (Wildman–Crippen LogP) is 0.767. The average molecular weight is 348 g/mol. The van der Waals surface area contributed by atoms with Crippen molar-refractivity contribution in [2.24, 2.45) is 5.92 Å². The molecular weight excluding hydrogens is 320 g/mol. The molecule has 1 aliphatic heterocycles. The quantitative estimate of drug-likeness (QED) is 0.732. The van der Waals surface area contributed by atoms with E-state index in [2.05, 4.69) is 20.2 Å². The Morgan fingerprint density at radius 2 is 1.96 bits per heavy atom. The minimum atomic E-state index is -0.556. The highest BCUT2D eigenvalue weighted by Gasteiger charge is 2.24. The molecule has 0 radical (unpaired) electrons. The molecule has 2 fully saturated rings. The van der Waals surface area contributed by atoms with Crippen molar-refractivity contribution in [3.05, 3.63) is 32.6 Å². The zero-order valence-corrected chi connectivity index (χ0v) is 14.7. The van der Waals surface area contributed by atoms with Gasteiger partial charge in [-0.05, 0) is 38.1 Å². The molecule has 0 aromatic carbocycles. The van der Waals surface area contributed by atoms with Gasteiger partial charge in [-0.1, -0.05) is 19.3 Å². The maximum Gasteiger partial charge on any atom is 0.325 e. The Labute approximate surface area is 147 Å². The van der Waals surface area contributed by atoms with Crippen LogP contribution in [0, 0.1) is 5.92 Å². The van der Waals surface area contributed by atoms with Gasteiger partial charge in [0.25, 0.3) is 5.56 Å². The van der Waals surface area contributed by atoms with Gasteiger partial charge in [0.2, 0.25) is 5.91 Å². The van der Waals surface area contributed by atoms with Gasteiger partial charge in [-0.15, -0.1) is 0 Å². The summed E-state index contributed by atoms with van der Waals surface area (Å²) in [5.41, 5.74) is -0.770. The molecule has 25 heavy (non-hydrogen) atoms. The topological polar surface area (TPSA) is 98.1 Å². The van der Waals surface area contributed by atoms with Gasteiger partial charge in [-0.25, -0.2) is 4.79 Å². The van der Waals surface area contributed by atoms with Gasteiger partial charge < -0.3 is 15.2 Å². The molecule has 0 bridgehead atoms. The van der Waals surface area contributed by atoms with Crippen molar-refractivity contribution in [2.75, 3.05) is 19.6 Å². The van der Waals surface area contributed by atoms with E-state index in [-0.39, 0.29) is 23.9 Å². The Morgan fingerprint density at radius 3 is 2.72 bits per heavy atom. The van der Waals surface area contributed by atoms with Crippen LogP contribution in [0.3, 0.4) is 0 Å². The number of carbonyl (C=O) groups excluding carboxylic acids is 1. The van der Waals surface area contributed by atoms with Gasteiger partial charge in [-0.2, -0.15) is 0 Å². The van der Waals surface area contributed by atoms with Crippen molar-refractivity contribution in [3.8, 4) is 0 Å². The highest BCUT2D eigenvalue weighted by molar-refractivity contribution is 5.78. The fraction of sp³-hybridized carbons (Fsp3) is 0.722. The van der Waals surface area contributed by atoms with Crippen LogP contribution in [0.5, 0.6) is 0 Å². The standard InChI is InChI=1S/C18H28N4O3/c23-16(9-14-10-19-18(25)21-17(14)24)20-15-7-4-8-22(12-15)11-13-5-2-1-3-6-13/h10,13,15H,1-9,11-12H2,(H,20,23)(H2,19,21,24,25)/t15-/m0/s1. The molecule has 2 heterocycles. The Balaban J connectivity index is 1.48. The van der Waals surface area contributed by atoms with Crippen LogP contribution in [0.4, 0.5) is 0 Å². The van der Waals surface area contributed by atoms with Gasteiger partial charge in [0.1, 0.15) is 0 Å². The number of nitrogens with one attached hydrogen (secondary N) is 3. The molecule has 3 N–H and O–H groups in total. The summed E-state index contributed by atoms with van der Waals surface area (Å²) in [6.45, 7) is 3.15. The third-order valence-corrected chi connectivity index (χ3v) is 5.36. The number of amides is 1. The van der Waals surface area contributed by atoms with Gasteiger partial charge >= 0.3 is 5.69 Å². The number of nitrogens with zero attached hydrogens (tertiary/aromatic N) is 1. The summed E-state index contributed by atoms with van der Waals surface area (Å²) >= 11 is 0. The summed E-state index contributed by atoms with van der Waals surface area (Å²) in [7, 11) is 0. The van der Waals surface area contributed by atoms with Crippen LogP contribution >= 0.6 is 0 Å². The molecule has 2 aliphatic rings. The van der Waals surface area contributed by atoms with E-state index in [1.165, 1.54) is 38.3 Å². The lowest BCUT2D eigenvalue weighted by molar-refractivity contribution is -0.121. The molecule has 1 saturated heterocycles. The molecule has 1 saturated carbocycles. The maximum absolute atomic E-state index is 12.2. The zero-order valence-electron chi connectivity index (χ0n) is 14.7. The second kappa shape index (κ2) is 8.47. The normalized spacial score (nSPS) is 22.6.